The molecule has 1 saturated heterocycles. The predicted octanol–water partition coefficient (Wildman–Crippen LogP) is 5.33. The molecule has 0 saturated carbocycles. The number of ketones is 2. The van der Waals surface area contributed by atoms with Gasteiger partial charge in [-0.15, -0.1) is 11.3 Å². The summed E-state index contributed by atoms with van der Waals surface area (Å²) in [4.78, 5) is 58.0. The Morgan fingerprint density at radius 1 is 1.05 bits per heavy atom. The lowest BCUT2D eigenvalue weighted by molar-refractivity contribution is -0.139. The van der Waals surface area contributed by atoms with Crippen LogP contribution < -0.4 is 4.90 Å². The number of Topliss-reactive ketones (excluding diaryl/α,β-unsaturated/α-hetero) is 2. The van der Waals surface area contributed by atoms with Crippen LogP contribution in [0.1, 0.15) is 47.1 Å². The average molecular weight is 547 g/mol. The van der Waals surface area contributed by atoms with Crippen molar-refractivity contribution in [3.8, 4) is 11.1 Å². The van der Waals surface area contributed by atoms with Crippen molar-refractivity contribution < 1.29 is 23.9 Å². The molecule has 0 aliphatic carbocycles. The molecule has 1 aliphatic rings. The third kappa shape index (κ3) is 5.87. The maximum Gasteiger partial charge on any atom is 0.295 e. The number of thiophene rings is 1. The monoisotopic (exact) mass is 546 g/mol. The smallest absolute Gasteiger partial charge is 0.295 e. The highest BCUT2D eigenvalue weighted by molar-refractivity contribution is 7.10. The molecule has 204 valence electrons. The molecule has 8 heteroatoms. The van der Waals surface area contributed by atoms with Gasteiger partial charge in [-0.2, -0.15) is 0 Å². The molecule has 0 N–H and O–H groups in total. The number of carbonyl (C=O) groups is 4. The first-order valence-corrected chi connectivity index (χ1v) is 13.9. The van der Waals surface area contributed by atoms with E-state index in [4.69, 9.17) is 4.74 Å². The Hall–Kier alpha value is -3.62. The maximum absolute atomic E-state index is 13.5. The van der Waals surface area contributed by atoms with E-state index in [-0.39, 0.29) is 24.0 Å². The summed E-state index contributed by atoms with van der Waals surface area (Å²) in [5, 5.41) is 2.07. The summed E-state index contributed by atoms with van der Waals surface area (Å²) in [5.74, 6) is -3.23. The molecule has 2 aromatic carbocycles. The van der Waals surface area contributed by atoms with Crippen molar-refractivity contribution in [2.24, 2.45) is 11.8 Å². The van der Waals surface area contributed by atoms with Crippen LogP contribution in [0.4, 0.5) is 5.69 Å². The number of rotatable bonds is 10. The van der Waals surface area contributed by atoms with Gasteiger partial charge in [0.25, 0.3) is 11.8 Å². The minimum absolute atomic E-state index is 0.0144. The number of anilines is 1. The molecule has 2 unspecified atom stereocenters. The van der Waals surface area contributed by atoms with Crippen molar-refractivity contribution in [2.45, 2.75) is 33.2 Å². The SMILES string of the molecule is COCCN(C)C(=O)c1ccccc1C1C(C(=O)CC(C)C)C(=O)C(=O)N1c1ccc(-c2csc(C)c2)cc1. The Morgan fingerprint density at radius 3 is 2.36 bits per heavy atom. The van der Waals surface area contributed by atoms with Gasteiger partial charge < -0.3 is 9.64 Å². The second kappa shape index (κ2) is 12.1. The van der Waals surface area contributed by atoms with E-state index >= 15 is 0 Å². The summed E-state index contributed by atoms with van der Waals surface area (Å²) in [5.41, 5.74) is 3.39. The summed E-state index contributed by atoms with van der Waals surface area (Å²) in [7, 11) is 3.24. The van der Waals surface area contributed by atoms with Gasteiger partial charge in [-0.05, 0) is 59.2 Å². The Bertz CT molecular complexity index is 1380. The number of methoxy groups -OCH3 is 1. The molecular formula is C31H34N2O5S. The quantitative estimate of drug-likeness (QED) is 0.254. The molecule has 2 amide bonds. The lowest BCUT2D eigenvalue weighted by atomic mass is 9.84. The molecule has 0 spiro atoms. The van der Waals surface area contributed by atoms with Gasteiger partial charge in [0.05, 0.1) is 12.6 Å². The minimum atomic E-state index is -1.20. The van der Waals surface area contributed by atoms with E-state index in [2.05, 4.69) is 11.4 Å². The molecule has 1 fully saturated rings. The van der Waals surface area contributed by atoms with Crippen LogP contribution >= 0.6 is 11.3 Å². The first kappa shape index (κ1) is 28.4. The normalized spacial score (nSPS) is 17.2. The first-order valence-electron chi connectivity index (χ1n) is 13.0. The summed E-state index contributed by atoms with van der Waals surface area (Å²) in [6.07, 6.45) is 0.161. The zero-order valence-corrected chi connectivity index (χ0v) is 23.8. The van der Waals surface area contributed by atoms with Gasteiger partial charge in [0.15, 0.2) is 0 Å². The summed E-state index contributed by atoms with van der Waals surface area (Å²) in [6, 6.07) is 15.5. The van der Waals surface area contributed by atoms with Gasteiger partial charge in [-0.3, -0.25) is 24.1 Å². The van der Waals surface area contributed by atoms with Gasteiger partial charge in [-0.25, -0.2) is 0 Å². The lowest BCUT2D eigenvalue weighted by Crippen LogP contribution is -2.35. The number of nitrogens with zero attached hydrogens (tertiary/aromatic N) is 2. The third-order valence-electron chi connectivity index (χ3n) is 6.96. The molecule has 39 heavy (non-hydrogen) atoms. The van der Waals surface area contributed by atoms with E-state index in [0.717, 1.165) is 11.1 Å². The molecule has 1 aromatic heterocycles. The van der Waals surface area contributed by atoms with Crippen LogP contribution in [0.15, 0.2) is 60.0 Å². The Morgan fingerprint density at radius 2 is 1.74 bits per heavy atom. The van der Waals surface area contributed by atoms with Crippen LogP contribution in [-0.4, -0.2) is 55.6 Å². The van der Waals surface area contributed by atoms with Crippen molar-refractivity contribution in [1.29, 1.82) is 0 Å². The summed E-state index contributed by atoms with van der Waals surface area (Å²) in [6.45, 7) is 6.58. The fourth-order valence-electron chi connectivity index (χ4n) is 5.01. The second-order valence-electron chi connectivity index (χ2n) is 10.3. The molecule has 3 aromatic rings. The van der Waals surface area contributed by atoms with E-state index in [9.17, 15) is 19.2 Å². The molecule has 0 radical (unpaired) electrons. The van der Waals surface area contributed by atoms with E-state index in [1.54, 1.807) is 61.9 Å². The largest absolute Gasteiger partial charge is 0.383 e. The van der Waals surface area contributed by atoms with Crippen LogP contribution in [0.5, 0.6) is 0 Å². The zero-order valence-electron chi connectivity index (χ0n) is 23.0. The van der Waals surface area contributed by atoms with E-state index in [0.29, 0.717) is 30.0 Å². The van der Waals surface area contributed by atoms with E-state index in [1.807, 2.05) is 32.9 Å². The van der Waals surface area contributed by atoms with Crippen LogP contribution in [-0.2, 0) is 19.1 Å². The minimum Gasteiger partial charge on any atom is -0.383 e. The highest BCUT2D eigenvalue weighted by Gasteiger charge is 2.52. The number of carbonyl (C=O) groups excluding carboxylic acids is 4. The van der Waals surface area contributed by atoms with Crippen molar-refractivity contribution >= 4 is 40.4 Å². The molecule has 1 aliphatic heterocycles. The topological polar surface area (TPSA) is 84.0 Å². The number of benzene rings is 2. The molecular weight excluding hydrogens is 512 g/mol. The number of hydrogen-bond donors (Lipinski definition) is 0. The number of hydrogen-bond acceptors (Lipinski definition) is 6. The predicted molar refractivity (Wildman–Crippen MR) is 153 cm³/mol. The fourth-order valence-corrected chi connectivity index (χ4v) is 5.73. The van der Waals surface area contributed by atoms with Crippen molar-refractivity contribution in [2.75, 3.05) is 32.2 Å². The molecule has 2 heterocycles. The molecule has 2 atom stereocenters. The highest BCUT2D eigenvalue weighted by Crippen LogP contribution is 2.43. The van der Waals surface area contributed by atoms with Crippen molar-refractivity contribution in [1.82, 2.24) is 4.90 Å². The standard InChI is InChI=1S/C31H34N2O5S/c1-19(2)16-26(34)27-28(24-8-6-7-9-25(24)30(36)32(4)14-15-38-5)33(31(37)29(27)35)23-12-10-21(11-13-23)22-17-20(3)39-18-22/h6-13,17-19,27-28H,14-16H2,1-5H3. The second-order valence-corrected chi connectivity index (χ2v) is 11.4. The summed E-state index contributed by atoms with van der Waals surface area (Å²) < 4.78 is 5.12. The lowest BCUT2D eigenvalue weighted by Gasteiger charge is -2.30. The van der Waals surface area contributed by atoms with E-state index in [1.165, 1.54) is 14.7 Å². The van der Waals surface area contributed by atoms with Gasteiger partial charge in [0.2, 0.25) is 5.78 Å². The van der Waals surface area contributed by atoms with E-state index < -0.39 is 23.7 Å². The van der Waals surface area contributed by atoms with Crippen molar-refractivity contribution in [3.05, 3.63) is 76.0 Å². The fraction of sp³-hybridized carbons (Fsp3) is 0.355. The molecule has 4 rings (SSSR count). The van der Waals surface area contributed by atoms with Gasteiger partial charge in [0, 0.05) is 43.3 Å². The number of ether oxygens (including phenoxy) is 1. The Balaban J connectivity index is 1.81. The van der Waals surface area contributed by atoms with Crippen molar-refractivity contribution in [3.63, 3.8) is 0 Å². The third-order valence-corrected chi connectivity index (χ3v) is 7.82. The van der Waals surface area contributed by atoms with Crippen LogP contribution in [0.3, 0.4) is 0 Å². The molecule has 0 bridgehead atoms. The van der Waals surface area contributed by atoms with Gasteiger partial charge >= 0.3 is 0 Å². The molecule has 7 nitrogen and oxygen atoms in total. The highest BCUT2D eigenvalue weighted by atomic mass is 32.1. The number of likely N-dealkylation sites (N-methyl/N-ethyl adjacent to an activating group) is 1. The van der Waals surface area contributed by atoms with Crippen LogP contribution in [0, 0.1) is 18.8 Å². The number of amides is 2. The summed E-state index contributed by atoms with van der Waals surface area (Å²) >= 11 is 1.66. The average Bonchev–Trinajstić information content (AvgIpc) is 3.47. The maximum atomic E-state index is 13.5. The number of aryl methyl sites for hydroxylation is 1. The van der Waals surface area contributed by atoms with Gasteiger partial charge in [-0.1, -0.05) is 44.2 Å². The van der Waals surface area contributed by atoms with Crippen LogP contribution in [0.2, 0.25) is 0 Å². The Labute approximate surface area is 233 Å². The van der Waals surface area contributed by atoms with Gasteiger partial charge in [0.1, 0.15) is 11.7 Å². The van der Waals surface area contributed by atoms with Crippen LogP contribution in [0.25, 0.3) is 11.1 Å². The zero-order chi connectivity index (χ0) is 28.3. The first-order chi connectivity index (χ1) is 18.6. The Kier molecular flexibility index (Phi) is 8.77.